The Hall–Kier alpha value is -1.67. The van der Waals surface area contributed by atoms with Gasteiger partial charge >= 0.3 is 0 Å². The molecular weight excluding hydrogens is 197 g/mol. The van der Waals surface area contributed by atoms with Gasteiger partial charge in [-0.25, -0.2) is 9.18 Å². The van der Waals surface area contributed by atoms with Crippen molar-refractivity contribution in [3.8, 4) is 5.75 Å². The van der Waals surface area contributed by atoms with Crippen LogP contribution >= 0.6 is 0 Å². The van der Waals surface area contributed by atoms with Crippen LogP contribution in [-0.2, 0) is 4.79 Å². The summed E-state index contributed by atoms with van der Waals surface area (Å²) in [6, 6.07) is 5.81. The summed E-state index contributed by atoms with van der Waals surface area (Å²) in [5, 5.41) is 0. The lowest BCUT2D eigenvalue weighted by Crippen LogP contribution is -2.26. The van der Waals surface area contributed by atoms with E-state index in [1.165, 1.54) is 18.2 Å². The summed E-state index contributed by atoms with van der Waals surface area (Å²) in [7, 11) is 0. The summed E-state index contributed by atoms with van der Waals surface area (Å²) in [5.74, 6) is 0.0633. The molecule has 0 fully saturated rings. The topological polar surface area (TPSA) is 38.7 Å². The fourth-order valence-corrected chi connectivity index (χ4v) is 0.973. The van der Waals surface area contributed by atoms with Gasteiger partial charge in [0.25, 0.3) is 0 Å². The van der Waals surface area contributed by atoms with Crippen LogP contribution in [0.3, 0.4) is 0 Å². The van der Waals surface area contributed by atoms with Crippen LogP contribution in [0.2, 0.25) is 0 Å². The highest BCUT2D eigenvalue weighted by Crippen LogP contribution is 2.15. The van der Waals surface area contributed by atoms with Crippen LogP contribution in [0, 0.1) is 5.82 Å². The third kappa shape index (κ3) is 3.92. The summed E-state index contributed by atoms with van der Waals surface area (Å²) in [6.07, 6.45) is 1.48. The zero-order valence-electron chi connectivity index (χ0n) is 8.66. The standard InChI is InChI=1S/C11H12FNO2/c1-11(2,13-8-14)7-15-10-5-3-4-9(12)6-10/h3-6H,7H2,1-2H3. The Kier molecular flexibility index (Phi) is 3.58. The Bertz CT molecular complexity index is 384. The minimum atomic E-state index is -0.645. The van der Waals surface area contributed by atoms with Crippen LogP contribution in [-0.4, -0.2) is 18.2 Å². The largest absolute Gasteiger partial charge is 0.491 e. The van der Waals surface area contributed by atoms with Gasteiger partial charge in [0.1, 0.15) is 23.7 Å². The van der Waals surface area contributed by atoms with Gasteiger partial charge in [0, 0.05) is 6.07 Å². The lowest BCUT2D eigenvalue weighted by molar-refractivity contribution is 0.243. The third-order valence-corrected chi connectivity index (χ3v) is 1.74. The zero-order chi connectivity index (χ0) is 11.3. The first-order valence-electron chi connectivity index (χ1n) is 4.51. The molecule has 0 radical (unpaired) electrons. The van der Waals surface area contributed by atoms with Gasteiger partial charge in [-0.1, -0.05) is 6.07 Å². The number of aliphatic imine (C=N–C) groups is 1. The van der Waals surface area contributed by atoms with Crippen molar-refractivity contribution in [3.05, 3.63) is 30.1 Å². The van der Waals surface area contributed by atoms with E-state index in [2.05, 4.69) is 4.99 Å². The Morgan fingerprint density at radius 1 is 1.53 bits per heavy atom. The fourth-order valence-electron chi connectivity index (χ4n) is 0.973. The quantitative estimate of drug-likeness (QED) is 0.563. The van der Waals surface area contributed by atoms with Crippen LogP contribution in [0.15, 0.2) is 29.3 Å². The molecule has 0 saturated carbocycles. The van der Waals surface area contributed by atoms with Crippen LogP contribution in [0.25, 0.3) is 0 Å². The Labute approximate surface area is 87.6 Å². The number of nitrogens with zero attached hydrogens (tertiary/aromatic N) is 1. The van der Waals surface area contributed by atoms with Crippen molar-refractivity contribution < 1.29 is 13.9 Å². The molecule has 15 heavy (non-hydrogen) atoms. The average Bonchev–Trinajstić information content (AvgIpc) is 2.15. The molecule has 1 aromatic rings. The predicted octanol–water partition coefficient (Wildman–Crippen LogP) is 2.32. The maximum atomic E-state index is 12.8. The van der Waals surface area contributed by atoms with E-state index in [9.17, 15) is 9.18 Å². The molecule has 0 aromatic heterocycles. The first kappa shape index (κ1) is 11.4. The molecule has 0 bridgehead atoms. The van der Waals surface area contributed by atoms with Gasteiger partial charge in [-0.3, -0.25) is 0 Å². The van der Waals surface area contributed by atoms with Crippen LogP contribution in [0.4, 0.5) is 4.39 Å². The number of rotatable bonds is 4. The molecule has 0 amide bonds. The van der Waals surface area contributed by atoms with E-state index in [1.807, 2.05) is 0 Å². The number of hydrogen-bond donors (Lipinski definition) is 0. The smallest absolute Gasteiger partial charge is 0.235 e. The van der Waals surface area contributed by atoms with E-state index >= 15 is 0 Å². The van der Waals surface area contributed by atoms with E-state index < -0.39 is 5.54 Å². The molecule has 4 heteroatoms. The highest BCUT2D eigenvalue weighted by molar-refractivity contribution is 5.34. The monoisotopic (exact) mass is 209 g/mol. The van der Waals surface area contributed by atoms with Gasteiger partial charge < -0.3 is 4.74 Å². The van der Waals surface area contributed by atoms with Gasteiger partial charge in [0.2, 0.25) is 6.08 Å². The van der Waals surface area contributed by atoms with Crippen LogP contribution < -0.4 is 4.74 Å². The second kappa shape index (κ2) is 4.71. The van der Waals surface area contributed by atoms with E-state index in [4.69, 9.17) is 4.74 Å². The second-order valence-corrected chi connectivity index (χ2v) is 3.76. The summed E-state index contributed by atoms with van der Waals surface area (Å²) in [6.45, 7) is 3.67. The normalized spacial score (nSPS) is 10.6. The van der Waals surface area contributed by atoms with Crippen molar-refractivity contribution in [1.29, 1.82) is 0 Å². The molecule has 0 spiro atoms. The number of isocyanates is 1. The summed E-state index contributed by atoms with van der Waals surface area (Å²) < 4.78 is 18.1. The van der Waals surface area contributed by atoms with Gasteiger partial charge in [-0.05, 0) is 26.0 Å². The number of carbonyl (C=O) groups excluding carboxylic acids is 1. The molecule has 80 valence electrons. The Morgan fingerprint density at radius 3 is 2.87 bits per heavy atom. The van der Waals surface area contributed by atoms with E-state index in [-0.39, 0.29) is 12.4 Å². The summed E-state index contributed by atoms with van der Waals surface area (Å²) in [4.78, 5) is 13.6. The summed E-state index contributed by atoms with van der Waals surface area (Å²) >= 11 is 0. The Morgan fingerprint density at radius 2 is 2.27 bits per heavy atom. The van der Waals surface area contributed by atoms with Crippen molar-refractivity contribution in [2.75, 3.05) is 6.61 Å². The molecule has 0 aliphatic carbocycles. The van der Waals surface area contributed by atoms with Gasteiger partial charge in [0.15, 0.2) is 0 Å². The van der Waals surface area contributed by atoms with Crippen molar-refractivity contribution >= 4 is 6.08 Å². The van der Waals surface area contributed by atoms with Gasteiger partial charge in [-0.15, -0.1) is 0 Å². The number of benzene rings is 1. The second-order valence-electron chi connectivity index (χ2n) is 3.76. The van der Waals surface area contributed by atoms with Crippen molar-refractivity contribution in [2.24, 2.45) is 4.99 Å². The minimum absolute atomic E-state index is 0.200. The van der Waals surface area contributed by atoms with E-state index in [1.54, 1.807) is 26.0 Å². The molecule has 0 N–H and O–H groups in total. The van der Waals surface area contributed by atoms with Crippen LogP contribution in [0.5, 0.6) is 5.75 Å². The maximum absolute atomic E-state index is 12.8. The molecular formula is C11H12FNO2. The SMILES string of the molecule is CC(C)(COc1cccc(F)c1)N=C=O. The highest BCUT2D eigenvalue weighted by atomic mass is 19.1. The van der Waals surface area contributed by atoms with E-state index in [0.717, 1.165) is 0 Å². The van der Waals surface area contributed by atoms with Crippen molar-refractivity contribution in [3.63, 3.8) is 0 Å². The van der Waals surface area contributed by atoms with Gasteiger partial charge in [-0.2, -0.15) is 4.99 Å². The van der Waals surface area contributed by atoms with Crippen LogP contribution in [0.1, 0.15) is 13.8 Å². The molecule has 1 rings (SSSR count). The third-order valence-electron chi connectivity index (χ3n) is 1.74. The number of halogens is 1. The summed E-state index contributed by atoms with van der Waals surface area (Å²) in [5.41, 5.74) is -0.645. The molecule has 0 unspecified atom stereocenters. The zero-order valence-corrected chi connectivity index (χ0v) is 8.66. The van der Waals surface area contributed by atoms with Crippen molar-refractivity contribution in [1.82, 2.24) is 0 Å². The maximum Gasteiger partial charge on any atom is 0.235 e. The first-order chi connectivity index (χ1) is 7.03. The minimum Gasteiger partial charge on any atom is -0.491 e. The molecule has 0 aliphatic heterocycles. The molecule has 1 aromatic carbocycles. The Balaban J connectivity index is 2.61. The predicted molar refractivity (Wildman–Crippen MR) is 54.1 cm³/mol. The lowest BCUT2D eigenvalue weighted by atomic mass is 10.1. The van der Waals surface area contributed by atoms with E-state index in [0.29, 0.717) is 5.75 Å². The molecule has 0 atom stereocenters. The average molecular weight is 209 g/mol. The molecule has 3 nitrogen and oxygen atoms in total. The molecule has 0 saturated heterocycles. The molecule has 0 heterocycles. The van der Waals surface area contributed by atoms with Crippen molar-refractivity contribution in [2.45, 2.75) is 19.4 Å². The fraction of sp³-hybridized carbons (Fsp3) is 0.364. The van der Waals surface area contributed by atoms with Gasteiger partial charge in [0.05, 0.1) is 0 Å². The molecule has 0 aliphatic rings. The highest BCUT2D eigenvalue weighted by Gasteiger charge is 2.17. The number of ether oxygens (including phenoxy) is 1. The lowest BCUT2D eigenvalue weighted by Gasteiger charge is -2.17. The first-order valence-corrected chi connectivity index (χ1v) is 4.51. The number of hydrogen-bond acceptors (Lipinski definition) is 3.